The third-order valence-electron chi connectivity index (χ3n) is 4.74. The summed E-state index contributed by atoms with van der Waals surface area (Å²) in [6.45, 7) is 6.29. The third-order valence-corrected chi connectivity index (χ3v) is 9.12. The van der Waals surface area contributed by atoms with Gasteiger partial charge in [-0.15, -0.1) is 0 Å². The van der Waals surface area contributed by atoms with Crippen LogP contribution in [0.1, 0.15) is 13.3 Å². The topological polar surface area (TPSA) is 0 Å². The lowest BCUT2D eigenvalue weighted by molar-refractivity contribution is 1.20. The first-order valence-electron chi connectivity index (χ1n) is 9.17. The summed E-state index contributed by atoms with van der Waals surface area (Å²) in [5, 5.41) is 4.25. The number of allylic oxidation sites excluding steroid dienone is 3. The number of benzene rings is 3. The van der Waals surface area contributed by atoms with Crippen LogP contribution in [0.15, 0.2) is 115 Å². The fourth-order valence-corrected chi connectivity index (χ4v) is 7.81. The quantitative estimate of drug-likeness (QED) is 0.387. The van der Waals surface area contributed by atoms with Gasteiger partial charge in [0, 0.05) is 0 Å². The van der Waals surface area contributed by atoms with Gasteiger partial charge in [0.1, 0.15) is 23.2 Å². The summed E-state index contributed by atoms with van der Waals surface area (Å²) in [6.07, 6.45) is 6.38. The molecule has 3 aromatic carbocycles. The predicted molar refractivity (Wildman–Crippen MR) is 119 cm³/mol. The van der Waals surface area contributed by atoms with Crippen LogP contribution in [0.25, 0.3) is 0 Å². The van der Waals surface area contributed by atoms with Gasteiger partial charge in [0.2, 0.25) is 0 Å². The zero-order valence-electron chi connectivity index (χ0n) is 15.4. The van der Waals surface area contributed by atoms with Gasteiger partial charge in [0.05, 0.1) is 6.16 Å². The molecule has 0 amide bonds. The molecule has 130 valence electrons. The smallest absolute Gasteiger partial charge is 0.0987 e. The molecule has 0 heterocycles. The van der Waals surface area contributed by atoms with E-state index in [4.69, 9.17) is 0 Å². The Morgan fingerprint density at radius 3 is 1.42 bits per heavy atom. The number of hydrogen-bond acceptors (Lipinski definition) is 0. The maximum absolute atomic E-state index is 4.09. The molecular formula is C25H26P+. The fraction of sp³-hybridized carbons (Fsp3) is 0.120. The van der Waals surface area contributed by atoms with Crippen molar-refractivity contribution in [3.8, 4) is 0 Å². The molecule has 1 heteroatoms. The number of hydrogen-bond donors (Lipinski definition) is 0. The van der Waals surface area contributed by atoms with E-state index in [2.05, 4.69) is 111 Å². The Balaban J connectivity index is 2.31. The lowest BCUT2D eigenvalue weighted by Crippen LogP contribution is -2.33. The minimum Gasteiger partial charge on any atom is -0.0987 e. The second-order valence-corrected chi connectivity index (χ2v) is 9.85. The summed E-state index contributed by atoms with van der Waals surface area (Å²) in [4.78, 5) is 0. The van der Waals surface area contributed by atoms with Gasteiger partial charge in [-0.3, -0.25) is 0 Å². The van der Waals surface area contributed by atoms with Crippen molar-refractivity contribution in [3.63, 3.8) is 0 Å². The molecule has 0 atom stereocenters. The molecule has 0 bridgehead atoms. The molecule has 0 aliphatic rings. The van der Waals surface area contributed by atoms with Crippen LogP contribution in [0.4, 0.5) is 0 Å². The van der Waals surface area contributed by atoms with Crippen LogP contribution >= 0.6 is 7.26 Å². The van der Waals surface area contributed by atoms with Gasteiger partial charge >= 0.3 is 0 Å². The van der Waals surface area contributed by atoms with Gasteiger partial charge in [0.25, 0.3) is 0 Å². The molecule has 0 nitrogen and oxygen atoms in total. The van der Waals surface area contributed by atoms with E-state index >= 15 is 0 Å². The summed E-state index contributed by atoms with van der Waals surface area (Å²) in [5.74, 6) is 0. The van der Waals surface area contributed by atoms with Crippen LogP contribution in [0, 0.1) is 0 Å². The molecule has 0 radical (unpaired) electrons. The molecule has 26 heavy (non-hydrogen) atoms. The standard InChI is InChI=1S/C25H26P/c1-3-14-22(4-2)21-26(23-15-8-5-9-16-23,24-17-10-6-11-18-24)25-19-12-7-13-20-25/h4-20H,2-3,21H2,1H3/q+1/b22-14+. The van der Waals surface area contributed by atoms with E-state index in [9.17, 15) is 0 Å². The Morgan fingerprint density at radius 2 is 1.12 bits per heavy atom. The van der Waals surface area contributed by atoms with Crippen LogP contribution in [-0.4, -0.2) is 6.16 Å². The highest BCUT2D eigenvalue weighted by Gasteiger charge is 2.45. The molecule has 3 rings (SSSR count). The van der Waals surface area contributed by atoms with Gasteiger partial charge in [-0.05, 0) is 48.4 Å². The maximum atomic E-state index is 4.09. The molecule has 0 saturated heterocycles. The van der Waals surface area contributed by atoms with E-state index in [1.807, 2.05) is 6.08 Å². The second-order valence-electron chi connectivity index (χ2n) is 6.37. The monoisotopic (exact) mass is 357 g/mol. The molecule has 3 aromatic rings. The summed E-state index contributed by atoms with van der Waals surface area (Å²) in [5.41, 5.74) is 1.33. The Hall–Kier alpha value is -2.43. The average molecular weight is 357 g/mol. The largest absolute Gasteiger partial charge is 0.116 e. The van der Waals surface area contributed by atoms with Crippen LogP contribution in [0.2, 0.25) is 0 Å². The normalized spacial score (nSPS) is 12.0. The first-order valence-corrected chi connectivity index (χ1v) is 11.1. The van der Waals surface area contributed by atoms with Gasteiger partial charge in [-0.25, -0.2) is 0 Å². The van der Waals surface area contributed by atoms with Gasteiger partial charge in [0.15, 0.2) is 0 Å². The predicted octanol–water partition coefficient (Wildman–Crippen LogP) is 5.50. The van der Waals surface area contributed by atoms with Crippen molar-refractivity contribution in [1.29, 1.82) is 0 Å². The zero-order valence-corrected chi connectivity index (χ0v) is 16.3. The van der Waals surface area contributed by atoms with Crippen molar-refractivity contribution in [1.82, 2.24) is 0 Å². The van der Waals surface area contributed by atoms with Gasteiger partial charge < -0.3 is 0 Å². The summed E-state index contributed by atoms with van der Waals surface area (Å²) < 4.78 is 0. The minimum absolute atomic E-state index is 1.00. The van der Waals surface area contributed by atoms with Gasteiger partial charge in [-0.2, -0.15) is 0 Å². The lowest BCUT2D eigenvalue weighted by atomic mass is 10.2. The third kappa shape index (κ3) is 3.71. The van der Waals surface area contributed by atoms with E-state index in [0.717, 1.165) is 12.6 Å². The molecular weight excluding hydrogens is 331 g/mol. The first-order chi connectivity index (χ1) is 12.8. The van der Waals surface area contributed by atoms with E-state index in [0.29, 0.717) is 0 Å². The highest BCUT2D eigenvalue weighted by molar-refractivity contribution is 7.95. The Morgan fingerprint density at radius 1 is 0.731 bits per heavy atom. The summed E-state index contributed by atoms with van der Waals surface area (Å²) in [6, 6.07) is 33.0. The minimum atomic E-state index is -1.80. The van der Waals surface area contributed by atoms with Crippen LogP contribution < -0.4 is 15.9 Å². The fourth-order valence-electron chi connectivity index (χ4n) is 3.52. The molecule has 0 aliphatic carbocycles. The maximum Gasteiger partial charge on any atom is 0.116 e. The van der Waals surface area contributed by atoms with Crippen molar-refractivity contribution < 1.29 is 0 Å². The average Bonchev–Trinajstić information content (AvgIpc) is 2.73. The van der Waals surface area contributed by atoms with Crippen molar-refractivity contribution in [3.05, 3.63) is 115 Å². The molecule has 0 unspecified atom stereocenters. The first kappa shape index (κ1) is 18.4. The Bertz CT molecular complexity index is 752. The van der Waals surface area contributed by atoms with Crippen molar-refractivity contribution in [2.75, 3.05) is 6.16 Å². The highest BCUT2D eigenvalue weighted by Crippen LogP contribution is 2.56. The van der Waals surface area contributed by atoms with E-state index in [-0.39, 0.29) is 0 Å². The van der Waals surface area contributed by atoms with Crippen LogP contribution in [0.5, 0.6) is 0 Å². The molecule has 0 aliphatic heterocycles. The SMILES string of the molecule is C=C/C(=C\CC)C[P+](c1ccccc1)(c1ccccc1)c1ccccc1. The Labute approximate surface area is 158 Å². The summed E-state index contributed by atoms with van der Waals surface area (Å²) >= 11 is 0. The van der Waals surface area contributed by atoms with Crippen LogP contribution in [0.3, 0.4) is 0 Å². The second kappa shape index (κ2) is 8.79. The van der Waals surface area contributed by atoms with Gasteiger partial charge in [-0.1, -0.05) is 80.3 Å². The molecule has 0 fully saturated rings. The molecule has 0 N–H and O–H groups in total. The lowest BCUT2D eigenvalue weighted by Gasteiger charge is -2.28. The van der Waals surface area contributed by atoms with Crippen molar-refractivity contribution in [2.24, 2.45) is 0 Å². The zero-order chi connectivity index (χ0) is 18.2. The summed E-state index contributed by atoms with van der Waals surface area (Å²) in [7, 11) is -1.80. The van der Waals surface area contributed by atoms with E-state index in [1.54, 1.807) is 0 Å². The molecule has 0 aromatic heterocycles. The van der Waals surface area contributed by atoms with E-state index < -0.39 is 7.26 Å². The highest BCUT2D eigenvalue weighted by atomic mass is 31.2. The number of rotatable bonds is 7. The van der Waals surface area contributed by atoms with Crippen molar-refractivity contribution >= 4 is 23.2 Å². The molecule has 0 spiro atoms. The van der Waals surface area contributed by atoms with E-state index in [1.165, 1.54) is 21.5 Å². The molecule has 0 saturated carbocycles. The van der Waals surface area contributed by atoms with Crippen molar-refractivity contribution in [2.45, 2.75) is 13.3 Å². The van der Waals surface area contributed by atoms with Crippen LogP contribution in [-0.2, 0) is 0 Å². The Kier molecular flexibility index (Phi) is 6.21.